The largest absolute Gasteiger partial charge is 0.413 e. The summed E-state index contributed by atoms with van der Waals surface area (Å²) < 4.78 is 6.32. The highest BCUT2D eigenvalue weighted by Gasteiger charge is 2.38. The highest BCUT2D eigenvalue weighted by molar-refractivity contribution is 6.74. The van der Waals surface area contributed by atoms with Gasteiger partial charge in [0.2, 0.25) is 0 Å². The van der Waals surface area contributed by atoms with Crippen LogP contribution in [0.5, 0.6) is 0 Å². The number of nitrogens with zero attached hydrogens (tertiary/aromatic N) is 1. The summed E-state index contributed by atoms with van der Waals surface area (Å²) in [6.07, 6.45) is 0.792. The molecule has 138 valence electrons. The van der Waals surface area contributed by atoms with Crippen molar-refractivity contribution in [3.05, 3.63) is 34.9 Å². The molecule has 0 spiro atoms. The minimum atomic E-state index is -1.81. The molecular weight excluding hydrogens is 330 g/mol. The summed E-state index contributed by atoms with van der Waals surface area (Å²) >= 11 is 0. The van der Waals surface area contributed by atoms with Crippen LogP contribution in [-0.4, -0.2) is 38.5 Å². The molecule has 1 amide bonds. The van der Waals surface area contributed by atoms with Crippen molar-refractivity contribution in [3.8, 4) is 0 Å². The maximum atomic E-state index is 12.6. The molecule has 1 aliphatic rings. The number of carbonyl (C=O) groups is 2. The Labute approximate surface area is 152 Å². The Kier molecular flexibility index (Phi) is 5.31. The first-order valence-corrected chi connectivity index (χ1v) is 11.8. The van der Waals surface area contributed by atoms with Crippen LogP contribution in [0.1, 0.15) is 56.1 Å². The van der Waals surface area contributed by atoms with Gasteiger partial charge in [-0.05, 0) is 35.3 Å². The minimum absolute atomic E-state index is 0.0571. The first kappa shape index (κ1) is 19.9. The Balaban J connectivity index is 2.27. The maximum absolute atomic E-state index is 12.6. The quantitative estimate of drug-likeness (QED) is 0.585. The lowest BCUT2D eigenvalue weighted by molar-refractivity contribution is -0.108. The summed E-state index contributed by atoms with van der Waals surface area (Å²) in [4.78, 5) is 25.1. The van der Waals surface area contributed by atoms with Crippen molar-refractivity contribution >= 4 is 20.5 Å². The molecule has 0 N–H and O–H groups in total. The lowest BCUT2D eigenvalue weighted by Gasteiger charge is -2.39. The highest BCUT2D eigenvalue weighted by atomic mass is 28.4. The molecule has 25 heavy (non-hydrogen) atoms. The number of benzene rings is 1. The lowest BCUT2D eigenvalue weighted by Crippen LogP contribution is -2.47. The highest BCUT2D eigenvalue weighted by Crippen LogP contribution is 2.38. The molecule has 1 heterocycles. The van der Waals surface area contributed by atoms with Crippen molar-refractivity contribution in [2.45, 2.75) is 64.8 Å². The number of hydrogen-bond donors (Lipinski definition) is 0. The Hall–Kier alpha value is -1.46. The van der Waals surface area contributed by atoms with Gasteiger partial charge in [-0.3, -0.25) is 4.79 Å². The molecule has 0 bridgehead atoms. The van der Waals surface area contributed by atoms with Gasteiger partial charge in [-0.25, -0.2) is 0 Å². The second-order valence-corrected chi connectivity index (χ2v) is 14.0. The molecule has 2 rings (SSSR count). The van der Waals surface area contributed by atoms with E-state index in [1.165, 1.54) is 0 Å². The van der Waals surface area contributed by atoms with Crippen LogP contribution in [0.25, 0.3) is 0 Å². The van der Waals surface area contributed by atoms with Crippen molar-refractivity contribution < 1.29 is 14.0 Å². The minimum Gasteiger partial charge on any atom is -0.413 e. The number of aldehydes is 1. The Morgan fingerprint density at radius 1 is 1.28 bits per heavy atom. The van der Waals surface area contributed by atoms with E-state index in [0.29, 0.717) is 18.7 Å². The van der Waals surface area contributed by atoms with Gasteiger partial charge in [-0.15, -0.1) is 0 Å². The molecule has 1 aromatic carbocycles. The molecule has 0 aromatic heterocycles. The first-order chi connectivity index (χ1) is 11.4. The molecule has 1 aliphatic heterocycles. The molecule has 4 nitrogen and oxygen atoms in total. The van der Waals surface area contributed by atoms with E-state index in [4.69, 9.17) is 4.43 Å². The predicted octanol–water partition coefficient (Wildman–Crippen LogP) is 4.14. The molecule has 0 radical (unpaired) electrons. The Morgan fingerprint density at radius 3 is 2.48 bits per heavy atom. The number of carbonyl (C=O) groups excluding carboxylic acids is 2. The summed E-state index contributed by atoms with van der Waals surface area (Å²) in [7, 11) is -1.81. The summed E-state index contributed by atoms with van der Waals surface area (Å²) in [5.74, 6) is -0.0571. The van der Waals surface area contributed by atoms with Crippen LogP contribution in [0.15, 0.2) is 18.2 Å². The van der Waals surface area contributed by atoms with Crippen LogP contribution in [0.4, 0.5) is 0 Å². The van der Waals surface area contributed by atoms with Crippen LogP contribution < -0.4 is 0 Å². The van der Waals surface area contributed by atoms with Gasteiger partial charge < -0.3 is 14.1 Å². The molecule has 0 saturated heterocycles. The van der Waals surface area contributed by atoms with E-state index in [2.05, 4.69) is 53.8 Å². The third-order valence-corrected chi connectivity index (χ3v) is 10.1. The van der Waals surface area contributed by atoms with Gasteiger partial charge in [0, 0.05) is 17.5 Å². The van der Waals surface area contributed by atoms with Gasteiger partial charge in [-0.1, -0.05) is 46.8 Å². The van der Waals surface area contributed by atoms with Gasteiger partial charge in [0.25, 0.3) is 5.91 Å². The van der Waals surface area contributed by atoms with E-state index in [1.54, 1.807) is 4.90 Å². The fraction of sp³-hybridized carbons (Fsp3) is 0.600. The van der Waals surface area contributed by atoms with Crippen molar-refractivity contribution in [2.75, 3.05) is 13.1 Å². The zero-order chi connectivity index (χ0) is 19.0. The van der Waals surface area contributed by atoms with E-state index in [-0.39, 0.29) is 22.9 Å². The average molecular weight is 362 g/mol. The van der Waals surface area contributed by atoms with Gasteiger partial charge in [-0.2, -0.15) is 0 Å². The number of hydrogen-bond acceptors (Lipinski definition) is 3. The standard InChI is InChI=1S/C20H31NO3Si/c1-19(2,3)25(6,7)24-13-15-8-9-16-17(12-15)20(4,5)14-21(10-11-22)18(16)23/h8-9,11-12H,10,13-14H2,1-7H3. The van der Waals surface area contributed by atoms with E-state index >= 15 is 0 Å². The molecule has 0 saturated carbocycles. The summed E-state index contributed by atoms with van der Waals surface area (Å²) in [6, 6.07) is 5.98. The third kappa shape index (κ3) is 4.03. The molecular formula is C20H31NO3Si. The van der Waals surface area contributed by atoms with Crippen molar-refractivity contribution in [3.63, 3.8) is 0 Å². The molecule has 0 unspecified atom stereocenters. The number of fused-ring (bicyclic) bond motifs is 1. The van der Waals surface area contributed by atoms with E-state index in [1.807, 2.05) is 12.1 Å². The van der Waals surface area contributed by atoms with Crippen LogP contribution >= 0.6 is 0 Å². The SMILES string of the molecule is CC1(C)CN(CC=O)C(=O)c2ccc(CO[Si](C)(C)C(C)(C)C)cc21. The second-order valence-electron chi connectivity index (χ2n) is 9.17. The molecule has 0 fully saturated rings. The van der Waals surface area contributed by atoms with Crippen LogP contribution in [0, 0.1) is 0 Å². The number of rotatable bonds is 5. The molecule has 1 aromatic rings. The summed E-state index contributed by atoms with van der Waals surface area (Å²) in [6.45, 7) is 16.7. The summed E-state index contributed by atoms with van der Waals surface area (Å²) in [5.41, 5.74) is 2.68. The van der Waals surface area contributed by atoms with Gasteiger partial charge >= 0.3 is 0 Å². The summed E-state index contributed by atoms with van der Waals surface area (Å²) in [5, 5.41) is 0.172. The van der Waals surface area contributed by atoms with E-state index in [0.717, 1.165) is 17.4 Å². The zero-order valence-corrected chi connectivity index (χ0v) is 17.6. The normalized spacial score (nSPS) is 17.4. The third-order valence-electron chi connectivity index (χ3n) is 5.62. The van der Waals surface area contributed by atoms with Crippen molar-refractivity contribution in [1.29, 1.82) is 0 Å². The van der Waals surface area contributed by atoms with Crippen LogP contribution in [0.3, 0.4) is 0 Å². The second kappa shape index (κ2) is 6.69. The van der Waals surface area contributed by atoms with E-state index in [9.17, 15) is 9.59 Å². The fourth-order valence-electron chi connectivity index (χ4n) is 2.95. The van der Waals surface area contributed by atoms with Crippen LogP contribution in [0.2, 0.25) is 18.1 Å². The lowest BCUT2D eigenvalue weighted by atomic mass is 9.77. The molecule has 0 aliphatic carbocycles. The van der Waals surface area contributed by atoms with E-state index < -0.39 is 8.32 Å². The fourth-order valence-corrected chi connectivity index (χ4v) is 3.91. The smallest absolute Gasteiger partial charge is 0.254 e. The van der Waals surface area contributed by atoms with Gasteiger partial charge in [0.05, 0.1) is 13.2 Å². The van der Waals surface area contributed by atoms with Crippen molar-refractivity contribution in [2.24, 2.45) is 0 Å². The topological polar surface area (TPSA) is 46.6 Å². The Morgan fingerprint density at radius 2 is 1.92 bits per heavy atom. The average Bonchev–Trinajstić information content (AvgIpc) is 2.49. The maximum Gasteiger partial charge on any atom is 0.254 e. The Bertz CT molecular complexity index is 674. The van der Waals surface area contributed by atoms with Gasteiger partial charge in [0.15, 0.2) is 8.32 Å². The van der Waals surface area contributed by atoms with Crippen molar-refractivity contribution in [1.82, 2.24) is 4.90 Å². The zero-order valence-electron chi connectivity index (χ0n) is 16.6. The predicted molar refractivity (Wildman–Crippen MR) is 103 cm³/mol. The monoisotopic (exact) mass is 361 g/mol. The van der Waals surface area contributed by atoms with Crippen LogP contribution in [-0.2, 0) is 21.2 Å². The number of amides is 1. The molecule has 5 heteroatoms. The van der Waals surface area contributed by atoms with Gasteiger partial charge in [0.1, 0.15) is 6.29 Å². The first-order valence-electron chi connectivity index (χ1n) is 8.89. The molecule has 0 atom stereocenters.